The Labute approximate surface area is 103 Å². The molecule has 0 bridgehead atoms. The van der Waals surface area contributed by atoms with Crippen LogP contribution in [0.1, 0.15) is 12.8 Å². The van der Waals surface area contributed by atoms with Gasteiger partial charge in [0.1, 0.15) is 12.1 Å². The first-order valence-electron chi connectivity index (χ1n) is 6.05. The van der Waals surface area contributed by atoms with Gasteiger partial charge in [0, 0.05) is 24.3 Å². The summed E-state index contributed by atoms with van der Waals surface area (Å²) in [5.41, 5.74) is 0.395. The number of fused-ring (bicyclic) bond motifs is 1. The van der Waals surface area contributed by atoms with Crippen molar-refractivity contribution in [1.82, 2.24) is 9.13 Å². The molecule has 0 unspecified atom stereocenters. The van der Waals surface area contributed by atoms with Gasteiger partial charge >= 0.3 is 5.97 Å². The summed E-state index contributed by atoms with van der Waals surface area (Å²) < 4.78 is 3.20. The molecule has 18 heavy (non-hydrogen) atoms. The van der Waals surface area contributed by atoms with Crippen molar-refractivity contribution in [3.8, 4) is 0 Å². The smallest absolute Gasteiger partial charge is 0.323 e. The Morgan fingerprint density at radius 2 is 1.94 bits per heavy atom. The topological polar surface area (TPSA) is 64.2 Å². The predicted molar refractivity (Wildman–Crippen MR) is 66.6 cm³/mol. The third-order valence-corrected chi connectivity index (χ3v) is 3.35. The highest BCUT2D eigenvalue weighted by molar-refractivity contribution is 5.79. The van der Waals surface area contributed by atoms with E-state index in [2.05, 4.69) is 0 Å². The Bertz CT molecular complexity index is 664. The van der Waals surface area contributed by atoms with Gasteiger partial charge in [-0.2, -0.15) is 0 Å². The van der Waals surface area contributed by atoms with Crippen LogP contribution >= 0.6 is 0 Å². The van der Waals surface area contributed by atoms with Gasteiger partial charge in [-0.25, -0.2) is 0 Å². The Balaban J connectivity index is 2.09. The first kappa shape index (κ1) is 11.1. The SMILES string of the molecule is O=C(O)Cn1ccc2ccn(CC3CC3)c2c1=O. The maximum Gasteiger partial charge on any atom is 0.323 e. The number of carbonyl (C=O) groups is 1. The quantitative estimate of drug-likeness (QED) is 0.884. The van der Waals surface area contributed by atoms with Crippen LogP contribution in [0.5, 0.6) is 0 Å². The molecule has 0 amide bonds. The van der Waals surface area contributed by atoms with Gasteiger partial charge in [0.05, 0.1) is 0 Å². The van der Waals surface area contributed by atoms with E-state index < -0.39 is 5.97 Å². The molecule has 0 spiro atoms. The number of nitrogens with zero attached hydrogens (tertiary/aromatic N) is 2. The second-order valence-electron chi connectivity index (χ2n) is 4.86. The molecule has 0 aliphatic heterocycles. The zero-order valence-corrected chi connectivity index (χ0v) is 9.87. The van der Waals surface area contributed by atoms with Crippen molar-refractivity contribution in [1.29, 1.82) is 0 Å². The predicted octanol–water partition coefficient (Wildman–Crippen LogP) is 1.30. The van der Waals surface area contributed by atoms with Crippen molar-refractivity contribution >= 4 is 16.9 Å². The van der Waals surface area contributed by atoms with E-state index in [-0.39, 0.29) is 12.1 Å². The van der Waals surface area contributed by atoms with Crippen LogP contribution in [0.25, 0.3) is 10.9 Å². The normalized spacial score (nSPS) is 15.1. The number of hydrogen-bond acceptors (Lipinski definition) is 2. The standard InChI is InChI=1S/C13H14N2O3/c16-11(17)8-15-6-4-10-3-5-14(7-9-1-2-9)12(10)13(15)18/h3-6,9H,1-2,7-8H2,(H,16,17). The number of aliphatic carboxylic acids is 1. The highest BCUT2D eigenvalue weighted by Crippen LogP contribution is 2.31. The molecule has 0 saturated heterocycles. The molecule has 0 atom stereocenters. The Morgan fingerprint density at radius 3 is 2.56 bits per heavy atom. The number of carboxylic acids is 1. The van der Waals surface area contributed by atoms with Crippen molar-refractivity contribution in [2.24, 2.45) is 5.92 Å². The van der Waals surface area contributed by atoms with Crippen LogP contribution in [-0.4, -0.2) is 20.2 Å². The molecular formula is C13H14N2O3. The average molecular weight is 246 g/mol. The van der Waals surface area contributed by atoms with Crippen LogP contribution in [0.3, 0.4) is 0 Å². The van der Waals surface area contributed by atoms with Gasteiger partial charge in [0.2, 0.25) is 0 Å². The molecule has 94 valence electrons. The van der Waals surface area contributed by atoms with Crippen molar-refractivity contribution in [3.05, 3.63) is 34.9 Å². The van der Waals surface area contributed by atoms with Gasteiger partial charge in [-0.15, -0.1) is 0 Å². The second-order valence-corrected chi connectivity index (χ2v) is 4.86. The Morgan fingerprint density at radius 1 is 1.28 bits per heavy atom. The number of carboxylic acid groups (broad SMARTS) is 1. The molecule has 1 N–H and O–H groups in total. The van der Waals surface area contributed by atoms with Gasteiger partial charge in [-0.1, -0.05) is 0 Å². The molecule has 2 aromatic heterocycles. The number of hydrogen-bond donors (Lipinski definition) is 1. The number of aromatic nitrogens is 2. The summed E-state index contributed by atoms with van der Waals surface area (Å²) in [7, 11) is 0. The summed E-state index contributed by atoms with van der Waals surface area (Å²) in [5, 5.41) is 9.65. The lowest BCUT2D eigenvalue weighted by molar-refractivity contribution is -0.137. The molecular weight excluding hydrogens is 232 g/mol. The van der Waals surface area contributed by atoms with Crippen LogP contribution in [0.4, 0.5) is 0 Å². The summed E-state index contributed by atoms with van der Waals surface area (Å²) in [4.78, 5) is 22.9. The minimum absolute atomic E-state index is 0.222. The fraction of sp³-hybridized carbons (Fsp3) is 0.385. The van der Waals surface area contributed by atoms with Crippen molar-refractivity contribution in [2.75, 3.05) is 0 Å². The van der Waals surface area contributed by atoms with Gasteiger partial charge in [-0.05, 0) is 30.9 Å². The summed E-state index contributed by atoms with van der Waals surface area (Å²) in [5.74, 6) is -0.329. The molecule has 0 radical (unpaired) electrons. The van der Waals surface area contributed by atoms with Crippen LogP contribution in [0.2, 0.25) is 0 Å². The highest BCUT2D eigenvalue weighted by atomic mass is 16.4. The van der Waals surface area contributed by atoms with Gasteiger partial charge in [0.25, 0.3) is 5.56 Å². The van der Waals surface area contributed by atoms with E-state index in [0.717, 1.165) is 11.9 Å². The van der Waals surface area contributed by atoms with E-state index in [4.69, 9.17) is 5.11 Å². The van der Waals surface area contributed by atoms with Crippen LogP contribution < -0.4 is 5.56 Å². The highest BCUT2D eigenvalue weighted by Gasteiger charge is 2.22. The second kappa shape index (κ2) is 4.01. The fourth-order valence-electron chi connectivity index (χ4n) is 2.25. The Kier molecular flexibility index (Phi) is 2.47. The molecule has 3 rings (SSSR count). The lowest BCUT2D eigenvalue weighted by Gasteiger charge is -2.06. The zero-order chi connectivity index (χ0) is 12.7. The Hall–Kier alpha value is -2.04. The lowest BCUT2D eigenvalue weighted by atomic mass is 10.3. The van der Waals surface area contributed by atoms with Crippen LogP contribution in [0, 0.1) is 5.92 Å². The minimum atomic E-state index is -1.00. The third kappa shape index (κ3) is 1.92. The van der Waals surface area contributed by atoms with Gasteiger partial charge in [0.15, 0.2) is 0 Å². The average Bonchev–Trinajstić information content (AvgIpc) is 3.02. The van der Waals surface area contributed by atoms with E-state index in [1.54, 1.807) is 12.3 Å². The largest absolute Gasteiger partial charge is 0.480 e. The molecule has 1 fully saturated rings. The van der Waals surface area contributed by atoms with E-state index in [9.17, 15) is 9.59 Å². The third-order valence-electron chi connectivity index (χ3n) is 3.35. The van der Waals surface area contributed by atoms with Gasteiger partial charge in [-0.3, -0.25) is 9.59 Å². The van der Waals surface area contributed by atoms with Gasteiger partial charge < -0.3 is 14.2 Å². The monoisotopic (exact) mass is 246 g/mol. The van der Waals surface area contributed by atoms with E-state index in [0.29, 0.717) is 11.4 Å². The van der Waals surface area contributed by atoms with Crippen molar-refractivity contribution in [3.63, 3.8) is 0 Å². The first-order chi connectivity index (χ1) is 8.65. The maximum absolute atomic E-state index is 12.2. The number of rotatable bonds is 4. The van der Waals surface area contributed by atoms with E-state index in [1.807, 2.05) is 16.8 Å². The van der Waals surface area contributed by atoms with Crippen LogP contribution in [-0.2, 0) is 17.9 Å². The molecule has 2 aromatic rings. The summed E-state index contributed by atoms with van der Waals surface area (Å²) in [6, 6.07) is 3.70. The molecule has 2 heterocycles. The molecule has 1 aliphatic carbocycles. The molecule has 0 aromatic carbocycles. The number of pyridine rings is 1. The summed E-state index contributed by atoms with van der Waals surface area (Å²) in [6.07, 6.45) is 5.89. The molecule has 1 saturated carbocycles. The van der Waals surface area contributed by atoms with E-state index >= 15 is 0 Å². The summed E-state index contributed by atoms with van der Waals surface area (Å²) >= 11 is 0. The van der Waals surface area contributed by atoms with Crippen molar-refractivity contribution < 1.29 is 9.90 Å². The zero-order valence-electron chi connectivity index (χ0n) is 9.87. The molecule has 5 heteroatoms. The molecule has 5 nitrogen and oxygen atoms in total. The lowest BCUT2D eigenvalue weighted by Crippen LogP contribution is -2.25. The summed E-state index contributed by atoms with van der Waals surface area (Å²) in [6.45, 7) is 0.569. The van der Waals surface area contributed by atoms with E-state index in [1.165, 1.54) is 17.4 Å². The van der Waals surface area contributed by atoms with Crippen molar-refractivity contribution in [2.45, 2.75) is 25.9 Å². The first-order valence-corrected chi connectivity index (χ1v) is 6.05. The molecule has 1 aliphatic rings. The minimum Gasteiger partial charge on any atom is -0.480 e. The maximum atomic E-state index is 12.2. The fourth-order valence-corrected chi connectivity index (χ4v) is 2.25. The van der Waals surface area contributed by atoms with Crippen LogP contribution in [0.15, 0.2) is 29.3 Å².